The monoisotopic (exact) mass is 425 g/mol. The third kappa shape index (κ3) is 6.92. The van der Waals surface area contributed by atoms with Crippen LogP contribution in [0.4, 0.5) is 0 Å². The molecule has 2 aliphatic heterocycles. The van der Waals surface area contributed by atoms with Gasteiger partial charge in [-0.1, -0.05) is 13.8 Å². The van der Waals surface area contributed by atoms with E-state index in [1.807, 2.05) is 6.92 Å². The van der Waals surface area contributed by atoms with E-state index in [4.69, 9.17) is 0 Å². The van der Waals surface area contributed by atoms with Gasteiger partial charge < -0.3 is 10.0 Å². The highest BCUT2D eigenvalue weighted by atomic mass is 16.3. The fourth-order valence-corrected chi connectivity index (χ4v) is 6.11. The zero-order valence-electron chi connectivity index (χ0n) is 22.8. The first-order valence-electron chi connectivity index (χ1n) is 12.2. The van der Waals surface area contributed by atoms with Crippen molar-refractivity contribution in [2.75, 3.05) is 27.7 Å². The van der Waals surface area contributed by atoms with Gasteiger partial charge in [0.15, 0.2) is 0 Å². The molecule has 0 aromatic rings. The van der Waals surface area contributed by atoms with Gasteiger partial charge in [-0.05, 0) is 115 Å². The first-order valence-corrected chi connectivity index (χ1v) is 12.2. The third-order valence-electron chi connectivity index (χ3n) is 8.39. The molecule has 0 amide bonds. The number of hydrogen-bond donors (Lipinski definition) is 1. The summed E-state index contributed by atoms with van der Waals surface area (Å²) in [5.74, 6) is 0.867. The average Bonchev–Trinajstić information content (AvgIpc) is 2.56. The highest BCUT2D eigenvalue weighted by molar-refractivity contribution is 5.01. The zero-order chi connectivity index (χ0) is 23.7. The molecule has 0 bridgehead atoms. The Morgan fingerprint density at radius 3 is 1.47 bits per heavy atom. The molecular weight excluding hydrogens is 370 g/mol. The number of rotatable bonds is 4. The fraction of sp³-hybridized carbons (Fsp3) is 1.00. The van der Waals surface area contributed by atoms with Gasteiger partial charge in [0.05, 0.1) is 6.10 Å². The number of aliphatic hydroxyl groups excluding tert-OH is 1. The molecule has 1 unspecified atom stereocenters. The molecule has 0 radical (unpaired) electrons. The van der Waals surface area contributed by atoms with E-state index in [0.29, 0.717) is 17.1 Å². The highest BCUT2D eigenvalue weighted by Gasteiger charge is 2.44. The first kappa shape index (κ1) is 27.9. The molecule has 1 atom stereocenters. The molecule has 0 aromatic carbocycles. The summed E-state index contributed by atoms with van der Waals surface area (Å²) >= 11 is 0. The lowest BCUT2D eigenvalue weighted by molar-refractivity contribution is -0.0488. The largest absolute Gasteiger partial charge is 0.392 e. The molecule has 0 aromatic heterocycles. The fourth-order valence-electron chi connectivity index (χ4n) is 6.11. The van der Waals surface area contributed by atoms with Crippen LogP contribution in [0, 0.1) is 5.92 Å². The Kier molecular flexibility index (Phi) is 9.07. The van der Waals surface area contributed by atoms with E-state index in [1.165, 1.54) is 25.7 Å². The summed E-state index contributed by atoms with van der Waals surface area (Å²) < 4.78 is 0. The van der Waals surface area contributed by atoms with Gasteiger partial charge in [0.2, 0.25) is 0 Å². The molecule has 2 rings (SSSR count). The molecule has 4 nitrogen and oxygen atoms in total. The van der Waals surface area contributed by atoms with Crippen LogP contribution in [-0.2, 0) is 0 Å². The Hall–Kier alpha value is -0.160. The number of nitrogens with zero attached hydrogens (tertiary/aromatic N) is 3. The molecule has 0 aliphatic carbocycles. The summed E-state index contributed by atoms with van der Waals surface area (Å²) in [6, 6.07) is 0.562. The average molecular weight is 426 g/mol. The van der Waals surface area contributed by atoms with Gasteiger partial charge in [0, 0.05) is 34.7 Å². The van der Waals surface area contributed by atoms with Gasteiger partial charge in [-0.25, -0.2) is 0 Å². The number of piperidine rings is 2. The second-order valence-corrected chi connectivity index (χ2v) is 12.9. The number of hydrogen-bond acceptors (Lipinski definition) is 4. The van der Waals surface area contributed by atoms with Gasteiger partial charge in [0.1, 0.15) is 0 Å². The summed E-state index contributed by atoms with van der Waals surface area (Å²) in [7, 11) is 6.64. The van der Waals surface area contributed by atoms with Gasteiger partial charge in [-0.2, -0.15) is 0 Å². The smallest absolute Gasteiger partial charge is 0.0664 e. The minimum Gasteiger partial charge on any atom is -0.392 e. The van der Waals surface area contributed by atoms with E-state index in [9.17, 15) is 5.11 Å². The van der Waals surface area contributed by atoms with E-state index in [-0.39, 0.29) is 17.2 Å². The lowest BCUT2D eigenvalue weighted by Crippen LogP contribution is -2.62. The summed E-state index contributed by atoms with van der Waals surface area (Å²) in [6.07, 6.45) is 5.63. The van der Waals surface area contributed by atoms with Gasteiger partial charge in [-0.3, -0.25) is 9.80 Å². The minimum absolute atomic E-state index is 0.194. The normalized spacial score (nSPS) is 28.1. The van der Waals surface area contributed by atoms with E-state index >= 15 is 0 Å². The van der Waals surface area contributed by atoms with Crippen molar-refractivity contribution < 1.29 is 5.11 Å². The van der Waals surface area contributed by atoms with Gasteiger partial charge in [-0.15, -0.1) is 0 Å². The minimum atomic E-state index is -0.194. The van der Waals surface area contributed by atoms with Crippen LogP contribution >= 0.6 is 0 Å². The van der Waals surface area contributed by atoms with Crippen LogP contribution in [0.2, 0.25) is 0 Å². The summed E-state index contributed by atoms with van der Waals surface area (Å²) in [6.45, 7) is 23.9. The lowest BCUT2D eigenvalue weighted by atomic mass is 9.75. The standard InChI is InChI=1S/C15H32N2O.C11H23N/c1-8-13(18)11-16(6)12-9-14(2,3)17(7)15(4,5)10-12;1-9-7-10(2,3)12(6)11(4,5)8-9/h12-13,18H,8-11H2,1-7H3;9H,7-8H2,1-6H3. The molecule has 2 heterocycles. The quantitative estimate of drug-likeness (QED) is 0.666. The number of aliphatic hydroxyl groups is 1. The third-order valence-corrected chi connectivity index (χ3v) is 8.39. The molecule has 0 saturated carbocycles. The van der Waals surface area contributed by atoms with Crippen molar-refractivity contribution in [2.45, 2.75) is 136 Å². The Labute approximate surface area is 189 Å². The Morgan fingerprint density at radius 1 is 0.800 bits per heavy atom. The van der Waals surface area contributed by atoms with Gasteiger partial charge in [0.25, 0.3) is 0 Å². The Morgan fingerprint density at radius 2 is 1.13 bits per heavy atom. The van der Waals surface area contributed by atoms with E-state index in [0.717, 1.165) is 18.9 Å². The predicted molar refractivity (Wildman–Crippen MR) is 132 cm³/mol. The van der Waals surface area contributed by atoms with Gasteiger partial charge >= 0.3 is 0 Å². The second-order valence-electron chi connectivity index (χ2n) is 12.9. The molecule has 2 saturated heterocycles. The molecule has 2 aliphatic rings. The van der Waals surface area contributed by atoms with Crippen molar-refractivity contribution in [3.63, 3.8) is 0 Å². The van der Waals surface area contributed by atoms with Crippen LogP contribution in [-0.4, -0.2) is 81.8 Å². The first-order chi connectivity index (χ1) is 13.4. The van der Waals surface area contributed by atoms with Crippen LogP contribution in [0.1, 0.15) is 101 Å². The molecule has 4 heteroatoms. The van der Waals surface area contributed by atoms with Crippen molar-refractivity contribution in [1.29, 1.82) is 0 Å². The van der Waals surface area contributed by atoms with Crippen LogP contribution < -0.4 is 0 Å². The van der Waals surface area contributed by atoms with Crippen molar-refractivity contribution in [1.82, 2.24) is 14.7 Å². The van der Waals surface area contributed by atoms with E-state index in [1.54, 1.807) is 0 Å². The maximum Gasteiger partial charge on any atom is 0.0664 e. The molecule has 0 spiro atoms. The van der Waals surface area contributed by atoms with Crippen molar-refractivity contribution in [3.05, 3.63) is 0 Å². The molecule has 1 N–H and O–H groups in total. The summed E-state index contributed by atoms with van der Waals surface area (Å²) in [4.78, 5) is 7.38. The van der Waals surface area contributed by atoms with Crippen molar-refractivity contribution >= 4 is 0 Å². The second kappa shape index (κ2) is 9.77. The molecule has 30 heavy (non-hydrogen) atoms. The van der Waals surface area contributed by atoms with Crippen LogP contribution in [0.25, 0.3) is 0 Å². The van der Waals surface area contributed by atoms with Crippen LogP contribution in [0.15, 0.2) is 0 Å². The predicted octanol–water partition coefficient (Wildman–Crippen LogP) is 5.25. The number of likely N-dealkylation sites (tertiary alicyclic amines) is 2. The van der Waals surface area contributed by atoms with Crippen LogP contribution in [0.5, 0.6) is 0 Å². The maximum absolute atomic E-state index is 9.82. The summed E-state index contributed by atoms with van der Waals surface area (Å²) in [5, 5.41) is 9.82. The van der Waals surface area contributed by atoms with E-state index in [2.05, 4.69) is 98.2 Å². The Bertz CT molecular complexity index is 504. The summed E-state index contributed by atoms with van der Waals surface area (Å²) in [5.41, 5.74) is 1.19. The SMILES string of the molecule is CC1CC(C)(C)N(C)C(C)(C)C1.CCC(O)CN(C)C1CC(C)(C)N(C)C(C)(C)C1. The van der Waals surface area contributed by atoms with E-state index < -0.39 is 0 Å². The van der Waals surface area contributed by atoms with Crippen molar-refractivity contribution in [3.8, 4) is 0 Å². The molecule has 180 valence electrons. The number of likely N-dealkylation sites (N-methyl/N-ethyl adjacent to an activating group) is 1. The molecule has 2 fully saturated rings. The topological polar surface area (TPSA) is 30.0 Å². The maximum atomic E-state index is 9.82. The van der Waals surface area contributed by atoms with Crippen LogP contribution in [0.3, 0.4) is 0 Å². The Balaban J connectivity index is 0.000000325. The highest BCUT2D eigenvalue weighted by Crippen LogP contribution is 2.40. The van der Waals surface area contributed by atoms with Crippen molar-refractivity contribution in [2.24, 2.45) is 5.92 Å². The molecular formula is C26H55N3O. The lowest BCUT2D eigenvalue weighted by Gasteiger charge is -2.55. The zero-order valence-corrected chi connectivity index (χ0v) is 22.8.